The number of aromatic nitrogens is 2. The zero-order valence-electron chi connectivity index (χ0n) is 8.35. The van der Waals surface area contributed by atoms with Crippen molar-refractivity contribution >= 4 is 17.4 Å². The van der Waals surface area contributed by atoms with E-state index in [0.717, 1.165) is 13.1 Å². The van der Waals surface area contributed by atoms with E-state index in [2.05, 4.69) is 9.97 Å². The molecule has 0 amide bonds. The number of aliphatic hydroxyl groups excluding tert-OH is 1. The van der Waals surface area contributed by atoms with E-state index in [1.807, 2.05) is 4.90 Å². The third kappa shape index (κ3) is 1.98. The molecule has 1 saturated heterocycles. The molecule has 0 aliphatic carbocycles. The molecule has 5 nitrogen and oxygen atoms in total. The SMILES string of the molecule is COc1ncc(Cl)c(N2CC(CO)C2)n1. The first-order valence-electron chi connectivity index (χ1n) is 4.67. The minimum absolute atomic E-state index is 0.205. The summed E-state index contributed by atoms with van der Waals surface area (Å²) in [5.41, 5.74) is 0. The molecule has 0 unspecified atom stereocenters. The smallest absolute Gasteiger partial charge is 0.318 e. The summed E-state index contributed by atoms with van der Waals surface area (Å²) in [6, 6.07) is 0.307. The van der Waals surface area contributed by atoms with E-state index in [-0.39, 0.29) is 6.61 Å². The number of hydrogen-bond acceptors (Lipinski definition) is 5. The molecule has 0 saturated carbocycles. The number of rotatable bonds is 3. The van der Waals surface area contributed by atoms with E-state index in [1.54, 1.807) is 0 Å². The molecule has 0 atom stereocenters. The van der Waals surface area contributed by atoms with Gasteiger partial charge in [-0.15, -0.1) is 0 Å². The number of hydrogen-bond donors (Lipinski definition) is 1. The Morgan fingerprint density at radius 1 is 1.67 bits per heavy atom. The molecular formula is C9H12ClN3O2. The fourth-order valence-electron chi connectivity index (χ4n) is 1.52. The molecule has 1 aromatic heterocycles. The zero-order chi connectivity index (χ0) is 10.8. The van der Waals surface area contributed by atoms with E-state index in [4.69, 9.17) is 21.4 Å². The van der Waals surface area contributed by atoms with Crippen LogP contribution in [0.2, 0.25) is 5.02 Å². The predicted octanol–water partition coefficient (Wildman–Crippen LogP) is 0.567. The maximum Gasteiger partial charge on any atom is 0.318 e. The topological polar surface area (TPSA) is 58.5 Å². The van der Waals surface area contributed by atoms with Crippen LogP contribution < -0.4 is 9.64 Å². The molecule has 2 rings (SSSR count). The molecule has 1 N–H and O–H groups in total. The van der Waals surface area contributed by atoms with Crippen molar-refractivity contribution < 1.29 is 9.84 Å². The standard InChI is InChI=1S/C9H12ClN3O2/c1-15-9-11-2-7(10)8(12-9)13-3-6(4-13)5-14/h2,6,14H,3-5H2,1H3. The number of halogens is 1. The van der Waals surface area contributed by atoms with Gasteiger partial charge in [-0.2, -0.15) is 4.98 Å². The first-order valence-corrected chi connectivity index (χ1v) is 5.04. The summed E-state index contributed by atoms with van der Waals surface area (Å²) >= 11 is 5.97. The highest BCUT2D eigenvalue weighted by atomic mass is 35.5. The molecule has 1 aliphatic rings. The maximum atomic E-state index is 8.90. The van der Waals surface area contributed by atoms with Gasteiger partial charge in [0.1, 0.15) is 5.02 Å². The predicted molar refractivity (Wildman–Crippen MR) is 56.4 cm³/mol. The Hall–Kier alpha value is -1.07. The van der Waals surface area contributed by atoms with Gasteiger partial charge in [0.25, 0.3) is 0 Å². The summed E-state index contributed by atoms with van der Waals surface area (Å²) in [6.07, 6.45) is 1.52. The van der Waals surface area contributed by atoms with Crippen molar-refractivity contribution in [3.8, 4) is 6.01 Å². The van der Waals surface area contributed by atoms with E-state index >= 15 is 0 Å². The minimum atomic E-state index is 0.205. The number of methoxy groups -OCH3 is 1. The van der Waals surface area contributed by atoms with Gasteiger partial charge in [0.2, 0.25) is 0 Å². The molecule has 0 spiro atoms. The fourth-order valence-corrected chi connectivity index (χ4v) is 1.73. The van der Waals surface area contributed by atoms with Gasteiger partial charge in [-0.25, -0.2) is 4.98 Å². The average molecular weight is 230 g/mol. The Labute approximate surface area is 92.7 Å². The van der Waals surface area contributed by atoms with Crippen molar-refractivity contribution in [2.24, 2.45) is 5.92 Å². The van der Waals surface area contributed by atoms with Crippen LogP contribution in [0.15, 0.2) is 6.20 Å². The third-order valence-electron chi connectivity index (χ3n) is 2.40. The van der Waals surface area contributed by atoms with E-state index in [9.17, 15) is 0 Å². The lowest BCUT2D eigenvalue weighted by atomic mass is 10.0. The van der Waals surface area contributed by atoms with Crippen LogP contribution in [0.25, 0.3) is 0 Å². The maximum absolute atomic E-state index is 8.90. The van der Waals surface area contributed by atoms with Gasteiger partial charge >= 0.3 is 6.01 Å². The summed E-state index contributed by atoms with van der Waals surface area (Å²) in [5, 5.41) is 9.41. The highest BCUT2D eigenvalue weighted by Gasteiger charge is 2.28. The highest BCUT2D eigenvalue weighted by Crippen LogP contribution is 2.29. The molecule has 0 bridgehead atoms. The van der Waals surface area contributed by atoms with Crippen molar-refractivity contribution in [3.05, 3.63) is 11.2 Å². The molecule has 2 heterocycles. The van der Waals surface area contributed by atoms with Gasteiger partial charge in [0.05, 0.1) is 13.3 Å². The number of nitrogens with zero attached hydrogens (tertiary/aromatic N) is 3. The van der Waals surface area contributed by atoms with Crippen LogP contribution >= 0.6 is 11.6 Å². The van der Waals surface area contributed by atoms with E-state index in [1.165, 1.54) is 13.3 Å². The van der Waals surface area contributed by atoms with Crippen LogP contribution in [0.1, 0.15) is 0 Å². The highest BCUT2D eigenvalue weighted by molar-refractivity contribution is 6.32. The number of ether oxygens (including phenoxy) is 1. The largest absolute Gasteiger partial charge is 0.467 e. The van der Waals surface area contributed by atoms with Gasteiger partial charge < -0.3 is 14.7 Å². The first-order chi connectivity index (χ1) is 7.24. The normalized spacial score (nSPS) is 16.3. The summed E-state index contributed by atoms with van der Waals surface area (Å²) in [7, 11) is 1.51. The van der Waals surface area contributed by atoms with Crippen molar-refractivity contribution in [1.82, 2.24) is 9.97 Å². The number of anilines is 1. The minimum Gasteiger partial charge on any atom is -0.467 e. The van der Waals surface area contributed by atoms with Crippen LogP contribution in [0.5, 0.6) is 6.01 Å². The van der Waals surface area contributed by atoms with Crippen molar-refractivity contribution in [2.45, 2.75) is 0 Å². The van der Waals surface area contributed by atoms with E-state index < -0.39 is 0 Å². The monoisotopic (exact) mass is 229 g/mol. The molecular weight excluding hydrogens is 218 g/mol. The second-order valence-electron chi connectivity index (χ2n) is 3.48. The van der Waals surface area contributed by atoms with Crippen LogP contribution in [0.3, 0.4) is 0 Å². The van der Waals surface area contributed by atoms with Gasteiger partial charge in [-0.05, 0) is 0 Å². The molecule has 6 heteroatoms. The molecule has 0 aromatic carbocycles. The Kier molecular flexibility index (Phi) is 2.93. The second-order valence-corrected chi connectivity index (χ2v) is 3.89. The lowest BCUT2D eigenvalue weighted by molar-refractivity contribution is 0.200. The summed E-state index contributed by atoms with van der Waals surface area (Å²) in [6.45, 7) is 1.75. The average Bonchev–Trinajstić information content (AvgIpc) is 2.19. The fraction of sp³-hybridized carbons (Fsp3) is 0.556. The summed E-state index contributed by atoms with van der Waals surface area (Å²) in [5.74, 6) is 0.996. The molecule has 82 valence electrons. The molecule has 1 fully saturated rings. The lowest BCUT2D eigenvalue weighted by Gasteiger charge is -2.39. The van der Waals surface area contributed by atoms with Crippen LogP contribution in [-0.2, 0) is 0 Å². The van der Waals surface area contributed by atoms with Crippen LogP contribution in [0, 0.1) is 5.92 Å². The van der Waals surface area contributed by atoms with Gasteiger partial charge in [-0.3, -0.25) is 0 Å². The Morgan fingerprint density at radius 2 is 2.40 bits per heavy atom. The third-order valence-corrected chi connectivity index (χ3v) is 2.67. The molecule has 15 heavy (non-hydrogen) atoms. The molecule has 0 radical (unpaired) electrons. The Morgan fingerprint density at radius 3 is 3.00 bits per heavy atom. The van der Waals surface area contributed by atoms with Crippen molar-refractivity contribution in [2.75, 3.05) is 31.7 Å². The summed E-state index contributed by atoms with van der Waals surface area (Å²) < 4.78 is 4.92. The van der Waals surface area contributed by atoms with Crippen molar-refractivity contribution in [3.63, 3.8) is 0 Å². The van der Waals surface area contributed by atoms with Crippen LogP contribution in [-0.4, -0.2) is 41.9 Å². The lowest BCUT2D eigenvalue weighted by Crippen LogP contribution is -2.49. The summed E-state index contributed by atoms with van der Waals surface area (Å²) in [4.78, 5) is 10.1. The Balaban J connectivity index is 2.14. The van der Waals surface area contributed by atoms with E-state index in [0.29, 0.717) is 22.8 Å². The quantitative estimate of drug-likeness (QED) is 0.821. The van der Waals surface area contributed by atoms with Crippen LogP contribution in [0.4, 0.5) is 5.82 Å². The Bertz CT molecular complexity index is 355. The molecule has 1 aliphatic heterocycles. The second kappa shape index (κ2) is 4.20. The van der Waals surface area contributed by atoms with Gasteiger partial charge in [0.15, 0.2) is 5.82 Å². The zero-order valence-corrected chi connectivity index (χ0v) is 9.11. The van der Waals surface area contributed by atoms with Gasteiger partial charge in [0, 0.05) is 25.6 Å². The van der Waals surface area contributed by atoms with Gasteiger partial charge in [-0.1, -0.05) is 11.6 Å². The van der Waals surface area contributed by atoms with Crippen molar-refractivity contribution in [1.29, 1.82) is 0 Å². The first kappa shape index (κ1) is 10.4. The number of aliphatic hydroxyl groups is 1. The molecule has 1 aromatic rings.